The molecule has 0 aliphatic carbocycles. The van der Waals surface area contributed by atoms with Crippen LogP contribution < -0.4 is 5.32 Å². The summed E-state index contributed by atoms with van der Waals surface area (Å²) in [5, 5.41) is 3.73. The van der Waals surface area contributed by atoms with Crippen molar-refractivity contribution in [1.29, 1.82) is 0 Å². The topological polar surface area (TPSA) is 65.2 Å². The molecule has 0 bridgehead atoms. The van der Waals surface area contributed by atoms with Crippen LogP contribution in [0.4, 0.5) is 0 Å². The van der Waals surface area contributed by atoms with Crippen LogP contribution in [0.25, 0.3) is 10.9 Å². The Labute approximate surface area is 124 Å². The van der Waals surface area contributed by atoms with Crippen molar-refractivity contribution < 1.29 is 9.59 Å². The molecule has 0 aliphatic heterocycles. The van der Waals surface area contributed by atoms with Gasteiger partial charge < -0.3 is 15.2 Å². The second-order valence-electron chi connectivity index (χ2n) is 4.88. The van der Waals surface area contributed by atoms with Crippen LogP contribution in [0.15, 0.2) is 30.5 Å². The first-order valence-electron chi connectivity index (χ1n) is 7.25. The van der Waals surface area contributed by atoms with Gasteiger partial charge in [0, 0.05) is 30.2 Å². The molecule has 2 aromatic rings. The summed E-state index contributed by atoms with van der Waals surface area (Å²) < 4.78 is 0. The summed E-state index contributed by atoms with van der Waals surface area (Å²) in [4.78, 5) is 28.6. The van der Waals surface area contributed by atoms with Gasteiger partial charge in [-0.05, 0) is 25.5 Å². The van der Waals surface area contributed by atoms with Crippen LogP contribution in [0.1, 0.15) is 19.4 Å². The van der Waals surface area contributed by atoms with E-state index in [1.165, 1.54) is 0 Å². The molecule has 0 radical (unpaired) electrons. The summed E-state index contributed by atoms with van der Waals surface area (Å²) in [6.45, 7) is 5.23. The average Bonchev–Trinajstić information content (AvgIpc) is 2.90. The molecule has 0 fully saturated rings. The lowest BCUT2D eigenvalue weighted by molar-refractivity contribution is -0.132. The van der Waals surface area contributed by atoms with E-state index in [4.69, 9.17) is 0 Å². The molecule has 0 spiro atoms. The van der Waals surface area contributed by atoms with Gasteiger partial charge >= 0.3 is 0 Å². The van der Waals surface area contributed by atoms with E-state index < -0.39 is 0 Å². The lowest BCUT2D eigenvalue weighted by Gasteiger charge is -2.18. The first kappa shape index (κ1) is 15.1. The van der Waals surface area contributed by atoms with E-state index in [0.717, 1.165) is 16.5 Å². The van der Waals surface area contributed by atoms with Crippen LogP contribution >= 0.6 is 0 Å². The highest BCUT2D eigenvalue weighted by Gasteiger charge is 2.12. The average molecular weight is 287 g/mol. The molecular formula is C16H21N3O2. The number of H-pyrrole nitrogens is 1. The fourth-order valence-corrected chi connectivity index (χ4v) is 2.38. The number of carbonyl (C=O) groups excluding carboxylic acids is 2. The Bertz CT molecular complexity index is 629. The van der Waals surface area contributed by atoms with E-state index in [2.05, 4.69) is 10.3 Å². The zero-order valence-corrected chi connectivity index (χ0v) is 12.5. The fourth-order valence-electron chi connectivity index (χ4n) is 2.38. The second-order valence-corrected chi connectivity index (χ2v) is 4.88. The third kappa shape index (κ3) is 3.62. The van der Waals surface area contributed by atoms with Gasteiger partial charge in [0.1, 0.15) is 0 Å². The number of nitrogens with one attached hydrogen (secondary N) is 2. The van der Waals surface area contributed by atoms with Crippen LogP contribution in [-0.4, -0.2) is 41.3 Å². The van der Waals surface area contributed by atoms with E-state index in [0.29, 0.717) is 13.1 Å². The van der Waals surface area contributed by atoms with E-state index in [1.807, 2.05) is 44.3 Å². The Hall–Kier alpha value is -2.30. The van der Waals surface area contributed by atoms with Gasteiger partial charge in [0.15, 0.2) is 0 Å². The Morgan fingerprint density at radius 2 is 1.90 bits per heavy atom. The number of amides is 2. The largest absolute Gasteiger partial charge is 0.361 e. The molecule has 1 aromatic heterocycles. The lowest BCUT2D eigenvalue weighted by atomic mass is 10.1. The van der Waals surface area contributed by atoms with Crippen molar-refractivity contribution >= 4 is 22.7 Å². The van der Waals surface area contributed by atoms with E-state index >= 15 is 0 Å². The number of hydrogen-bond donors (Lipinski definition) is 2. The van der Waals surface area contributed by atoms with Gasteiger partial charge in [-0.25, -0.2) is 0 Å². The monoisotopic (exact) mass is 287 g/mol. The van der Waals surface area contributed by atoms with Crippen molar-refractivity contribution in [3.8, 4) is 0 Å². The maximum atomic E-state index is 12.0. The Kier molecular flexibility index (Phi) is 4.98. The van der Waals surface area contributed by atoms with Crippen molar-refractivity contribution in [3.05, 3.63) is 36.0 Å². The summed E-state index contributed by atoms with van der Waals surface area (Å²) in [6.07, 6.45) is 2.12. The molecule has 2 rings (SSSR count). The zero-order chi connectivity index (χ0) is 15.2. The molecule has 0 saturated carbocycles. The van der Waals surface area contributed by atoms with Crippen molar-refractivity contribution in [3.63, 3.8) is 0 Å². The Morgan fingerprint density at radius 1 is 1.19 bits per heavy atom. The predicted molar refractivity (Wildman–Crippen MR) is 82.9 cm³/mol. The summed E-state index contributed by atoms with van der Waals surface area (Å²) in [7, 11) is 0. The minimum Gasteiger partial charge on any atom is -0.361 e. The number of aromatic nitrogens is 1. The number of rotatable bonds is 6. The molecule has 1 heterocycles. The van der Waals surface area contributed by atoms with Gasteiger partial charge in [-0.1, -0.05) is 18.2 Å². The second kappa shape index (κ2) is 6.92. The summed E-state index contributed by atoms with van der Waals surface area (Å²) in [5.41, 5.74) is 1.96. The van der Waals surface area contributed by atoms with Crippen LogP contribution in [0, 0.1) is 0 Å². The maximum Gasteiger partial charge on any atom is 0.241 e. The molecule has 0 unspecified atom stereocenters. The Morgan fingerprint density at radius 3 is 2.62 bits per heavy atom. The fraction of sp³-hybridized carbons (Fsp3) is 0.375. The number of aromatic amines is 1. The summed E-state index contributed by atoms with van der Waals surface area (Å²) >= 11 is 0. The zero-order valence-electron chi connectivity index (χ0n) is 12.5. The highest BCUT2D eigenvalue weighted by atomic mass is 16.2. The van der Waals surface area contributed by atoms with Crippen molar-refractivity contribution in [2.75, 3.05) is 19.6 Å². The van der Waals surface area contributed by atoms with Crippen LogP contribution in [-0.2, 0) is 16.0 Å². The molecule has 5 heteroatoms. The predicted octanol–water partition coefficient (Wildman–Crippen LogP) is 1.69. The first-order chi connectivity index (χ1) is 10.2. The van der Waals surface area contributed by atoms with Gasteiger partial charge in [0.2, 0.25) is 11.8 Å². The van der Waals surface area contributed by atoms with Crippen LogP contribution in [0.3, 0.4) is 0 Å². The first-order valence-corrected chi connectivity index (χ1v) is 7.25. The molecular weight excluding hydrogens is 266 g/mol. The third-order valence-corrected chi connectivity index (χ3v) is 3.58. The minimum atomic E-state index is -0.139. The van der Waals surface area contributed by atoms with Gasteiger partial charge in [0.25, 0.3) is 0 Å². The molecule has 112 valence electrons. The normalized spacial score (nSPS) is 10.6. The van der Waals surface area contributed by atoms with Gasteiger partial charge in [-0.15, -0.1) is 0 Å². The highest BCUT2D eigenvalue weighted by Crippen LogP contribution is 2.17. The van der Waals surface area contributed by atoms with Crippen molar-refractivity contribution in [2.45, 2.75) is 20.3 Å². The van der Waals surface area contributed by atoms with E-state index in [-0.39, 0.29) is 24.8 Å². The molecule has 5 nitrogen and oxygen atoms in total. The van der Waals surface area contributed by atoms with Gasteiger partial charge in [-0.3, -0.25) is 9.59 Å². The highest BCUT2D eigenvalue weighted by molar-refractivity contribution is 5.90. The molecule has 2 N–H and O–H groups in total. The molecule has 0 saturated heterocycles. The quantitative estimate of drug-likeness (QED) is 0.849. The standard InChI is InChI=1S/C16H21N3O2/c1-3-19(4-2)16(21)11-18-15(20)9-12-10-17-14-8-6-5-7-13(12)14/h5-8,10,17H,3-4,9,11H2,1-2H3,(H,18,20). The number of hydrogen-bond acceptors (Lipinski definition) is 2. The maximum absolute atomic E-state index is 12.0. The number of benzene rings is 1. The lowest BCUT2D eigenvalue weighted by Crippen LogP contribution is -2.40. The third-order valence-electron chi connectivity index (χ3n) is 3.58. The van der Waals surface area contributed by atoms with E-state index in [9.17, 15) is 9.59 Å². The molecule has 0 aliphatic rings. The minimum absolute atomic E-state index is 0.0488. The number of carbonyl (C=O) groups is 2. The molecule has 2 amide bonds. The summed E-state index contributed by atoms with van der Waals surface area (Å²) in [6, 6.07) is 7.85. The van der Waals surface area contributed by atoms with Crippen LogP contribution in [0.5, 0.6) is 0 Å². The number of nitrogens with zero attached hydrogens (tertiary/aromatic N) is 1. The van der Waals surface area contributed by atoms with Crippen molar-refractivity contribution in [1.82, 2.24) is 15.2 Å². The van der Waals surface area contributed by atoms with Gasteiger partial charge in [-0.2, -0.15) is 0 Å². The van der Waals surface area contributed by atoms with Gasteiger partial charge in [0.05, 0.1) is 13.0 Å². The van der Waals surface area contributed by atoms with Crippen LogP contribution in [0.2, 0.25) is 0 Å². The SMILES string of the molecule is CCN(CC)C(=O)CNC(=O)Cc1c[nH]c2ccccc12. The van der Waals surface area contributed by atoms with Crippen molar-refractivity contribution in [2.24, 2.45) is 0 Å². The molecule has 21 heavy (non-hydrogen) atoms. The Balaban J connectivity index is 1.92. The summed E-state index contributed by atoms with van der Waals surface area (Å²) in [5.74, 6) is -0.187. The molecule has 1 aromatic carbocycles. The number of fused-ring (bicyclic) bond motifs is 1. The molecule has 0 atom stereocenters. The van der Waals surface area contributed by atoms with E-state index in [1.54, 1.807) is 4.90 Å². The number of likely N-dealkylation sites (N-methyl/N-ethyl adjacent to an activating group) is 1. The smallest absolute Gasteiger partial charge is 0.241 e. The number of para-hydroxylation sites is 1.